The Hall–Kier alpha value is -1.55. The molecule has 1 amide bonds. The highest BCUT2D eigenvalue weighted by atomic mass is 32.2. The minimum atomic E-state index is -3.46. The third kappa shape index (κ3) is 5.46. The van der Waals surface area contributed by atoms with Crippen LogP contribution in [-0.4, -0.2) is 82.3 Å². The molecular weight excluding hydrogens is 349 g/mol. The lowest BCUT2D eigenvalue weighted by Gasteiger charge is -2.28. The molecule has 0 spiro atoms. The van der Waals surface area contributed by atoms with Crippen LogP contribution < -0.4 is 5.32 Å². The first-order valence-corrected chi connectivity index (χ1v) is 9.78. The molecule has 0 atom stereocenters. The number of piperazine rings is 1. The van der Waals surface area contributed by atoms with E-state index in [0.29, 0.717) is 26.2 Å². The predicted octanol–water partition coefficient (Wildman–Crippen LogP) is 0.149. The molecule has 140 valence electrons. The zero-order valence-electron chi connectivity index (χ0n) is 14.3. The quantitative estimate of drug-likeness (QED) is 0.702. The highest BCUT2D eigenvalue weighted by Crippen LogP contribution is 2.11. The van der Waals surface area contributed by atoms with Crippen molar-refractivity contribution in [2.24, 2.45) is 0 Å². The lowest BCUT2D eigenvalue weighted by atomic mass is 10.2. The number of carbonyl (C=O) groups is 1. The summed E-state index contributed by atoms with van der Waals surface area (Å²) in [5.41, 5.74) is -0.0711. The lowest BCUT2D eigenvalue weighted by molar-refractivity contribution is 0.0703. The van der Waals surface area contributed by atoms with Gasteiger partial charge in [0.15, 0.2) is 0 Å². The molecule has 7 nitrogen and oxygen atoms in total. The number of benzene rings is 1. The van der Waals surface area contributed by atoms with Crippen LogP contribution in [0, 0.1) is 5.82 Å². The second-order valence-corrected chi connectivity index (χ2v) is 7.82. The first-order valence-electron chi connectivity index (χ1n) is 8.17. The van der Waals surface area contributed by atoms with E-state index in [9.17, 15) is 17.6 Å². The van der Waals surface area contributed by atoms with Crippen LogP contribution in [0.3, 0.4) is 0 Å². The zero-order valence-corrected chi connectivity index (χ0v) is 15.1. The number of ether oxygens (including phenoxy) is 1. The molecule has 9 heteroatoms. The monoisotopic (exact) mass is 373 g/mol. The molecule has 1 fully saturated rings. The van der Waals surface area contributed by atoms with Gasteiger partial charge in [-0.05, 0) is 12.1 Å². The van der Waals surface area contributed by atoms with E-state index in [1.54, 1.807) is 6.07 Å². The molecule has 0 bridgehead atoms. The average molecular weight is 373 g/mol. The molecule has 1 aromatic rings. The highest BCUT2D eigenvalue weighted by molar-refractivity contribution is 7.89. The van der Waals surface area contributed by atoms with Crippen LogP contribution in [0.5, 0.6) is 0 Å². The summed E-state index contributed by atoms with van der Waals surface area (Å²) in [4.78, 5) is 13.9. The molecule has 1 aliphatic heterocycles. The van der Waals surface area contributed by atoms with Crippen LogP contribution in [-0.2, 0) is 14.8 Å². The van der Waals surface area contributed by atoms with Crippen molar-refractivity contribution in [1.82, 2.24) is 14.5 Å². The molecule has 0 unspecified atom stereocenters. The van der Waals surface area contributed by atoms with Gasteiger partial charge in [0, 0.05) is 46.4 Å². The summed E-state index contributed by atoms with van der Waals surface area (Å²) in [5.74, 6) is -1.36. The number of carbonyl (C=O) groups excluding carboxylic acids is 1. The summed E-state index contributed by atoms with van der Waals surface area (Å²) in [7, 11) is -1.98. The van der Waals surface area contributed by atoms with Crippen molar-refractivity contribution >= 4 is 15.9 Å². The molecule has 25 heavy (non-hydrogen) atoms. The standard InChI is InChI=1S/C16H24FN3O4S/c1-24-12-10-19(16(21)14-4-2-3-5-15(14)17)11-13-25(22,23)20-8-6-18-7-9-20/h2-5,18H,6-13H2,1H3. The maximum absolute atomic E-state index is 13.9. The molecule has 0 aliphatic carbocycles. The fraction of sp³-hybridized carbons (Fsp3) is 0.562. The van der Waals surface area contributed by atoms with Crippen molar-refractivity contribution < 1.29 is 22.3 Å². The van der Waals surface area contributed by atoms with Gasteiger partial charge in [-0.3, -0.25) is 4.79 Å². The number of amides is 1. The van der Waals surface area contributed by atoms with Crippen LogP contribution >= 0.6 is 0 Å². The molecule has 1 heterocycles. The smallest absolute Gasteiger partial charge is 0.256 e. The van der Waals surface area contributed by atoms with E-state index in [4.69, 9.17) is 4.74 Å². The van der Waals surface area contributed by atoms with Crippen molar-refractivity contribution in [3.8, 4) is 0 Å². The largest absolute Gasteiger partial charge is 0.383 e. The third-order valence-electron chi connectivity index (χ3n) is 4.05. The molecule has 0 aromatic heterocycles. The van der Waals surface area contributed by atoms with Crippen LogP contribution in [0.25, 0.3) is 0 Å². The van der Waals surface area contributed by atoms with Crippen molar-refractivity contribution in [3.63, 3.8) is 0 Å². The Labute approximate surface area is 147 Å². The number of hydrogen-bond acceptors (Lipinski definition) is 5. The number of nitrogens with zero attached hydrogens (tertiary/aromatic N) is 2. The summed E-state index contributed by atoms with van der Waals surface area (Å²) >= 11 is 0. The minimum absolute atomic E-state index is 0.0111. The van der Waals surface area contributed by atoms with E-state index < -0.39 is 21.7 Å². The summed E-state index contributed by atoms with van der Waals surface area (Å²) in [5, 5.41) is 3.10. The Kier molecular flexibility index (Phi) is 7.30. The fourth-order valence-electron chi connectivity index (χ4n) is 2.60. The van der Waals surface area contributed by atoms with Gasteiger partial charge in [0.1, 0.15) is 5.82 Å². The van der Waals surface area contributed by atoms with Gasteiger partial charge in [0.2, 0.25) is 10.0 Å². The molecular formula is C16H24FN3O4S. The van der Waals surface area contributed by atoms with Gasteiger partial charge in [-0.15, -0.1) is 0 Å². The molecule has 1 aliphatic rings. The van der Waals surface area contributed by atoms with Crippen molar-refractivity contribution in [2.75, 3.05) is 58.7 Å². The van der Waals surface area contributed by atoms with Gasteiger partial charge < -0.3 is 15.0 Å². The lowest BCUT2D eigenvalue weighted by Crippen LogP contribution is -2.48. The molecule has 0 saturated carbocycles. The number of sulfonamides is 1. The predicted molar refractivity (Wildman–Crippen MR) is 92.4 cm³/mol. The third-order valence-corrected chi connectivity index (χ3v) is 5.90. The Bertz CT molecular complexity index is 678. The van der Waals surface area contributed by atoms with E-state index in [2.05, 4.69) is 5.32 Å². The van der Waals surface area contributed by atoms with Gasteiger partial charge in [-0.1, -0.05) is 12.1 Å². The number of halogens is 1. The van der Waals surface area contributed by atoms with Crippen molar-refractivity contribution in [2.45, 2.75) is 0 Å². The molecule has 2 rings (SSSR count). The number of rotatable bonds is 8. The van der Waals surface area contributed by atoms with E-state index in [1.807, 2.05) is 0 Å². The summed E-state index contributed by atoms with van der Waals surface area (Å²) in [6, 6.07) is 5.67. The average Bonchev–Trinajstić information content (AvgIpc) is 2.62. The fourth-order valence-corrected chi connectivity index (χ4v) is 4.05. The topological polar surface area (TPSA) is 79.0 Å². The van der Waals surface area contributed by atoms with E-state index in [-0.39, 0.29) is 31.0 Å². The van der Waals surface area contributed by atoms with Crippen LogP contribution in [0.4, 0.5) is 4.39 Å². The first kappa shape index (κ1) is 19.8. The number of methoxy groups -OCH3 is 1. The van der Waals surface area contributed by atoms with Crippen LogP contribution in [0.1, 0.15) is 10.4 Å². The maximum Gasteiger partial charge on any atom is 0.256 e. The Morgan fingerprint density at radius 2 is 1.96 bits per heavy atom. The maximum atomic E-state index is 13.9. The SMILES string of the molecule is COCCN(CCS(=O)(=O)N1CCNCC1)C(=O)c1ccccc1F. The van der Waals surface area contributed by atoms with Crippen molar-refractivity contribution in [3.05, 3.63) is 35.6 Å². The highest BCUT2D eigenvalue weighted by Gasteiger charge is 2.26. The molecule has 1 aromatic carbocycles. The Morgan fingerprint density at radius 1 is 1.28 bits per heavy atom. The van der Waals surface area contributed by atoms with Crippen LogP contribution in [0.2, 0.25) is 0 Å². The minimum Gasteiger partial charge on any atom is -0.383 e. The summed E-state index contributed by atoms with van der Waals surface area (Å²) < 4.78 is 45.2. The second kappa shape index (κ2) is 9.23. The molecule has 0 radical (unpaired) electrons. The Morgan fingerprint density at radius 3 is 2.60 bits per heavy atom. The Balaban J connectivity index is 2.07. The van der Waals surface area contributed by atoms with Gasteiger partial charge in [0.05, 0.1) is 17.9 Å². The number of hydrogen-bond donors (Lipinski definition) is 1. The van der Waals surface area contributed by atoms with Gasteiger partial charge in [0.25, 0.3) is 5.91 Å². The van der Waals surface area contributed by atoms with E-state index in [1.165, 1.54) is 34.5 Å². The molecule has 1 saturated heterocycles. The van der Waals surface area contributed by atoms with Gasteiger partial charge in [-0.2, -0.15) is 4.31 Å². The van der Waals surface area contributed by atoms with E-state index >= 15 is 0 Å². The summed E-state index contributed by atoms with van der Waals surface area (Å²) in [6.07, 6.45) is 0. The van der Waals surface area contributed by atoms with Crippen molar-refractivity contribution in [1.29, 1.82) is 0 Å². The van der Waals surface area contributed by atoms with E-state index in [0.717, 1.165) is 0 Å². The second-order valence-electron chi connectivity index (χ2n) is 5.73. The van der Waals surface area contributed by atoms with Gasteiger partial charge >= 0.3 is 0 Å². The normalized spacial score (nSPS) is 15.9. The molecule has 1 N–H and O–H groups in total. The van der Waals surface area contributed by atoms with Crippen LogP contribution in [0.15, 0.2) is 24.3 Å². The summed E-state index contributed by atoms with van der Waals surface area (Å²) in [6.45, 7) is 2.49. The first-order chi connectivity index (χ1) is 12.0. The number of nitrogens with one attached hydrogen (secondary N) is 1. The zero-order chi connectivity index (χ0) is 18.3. The van der Waals surface area contributed by atoms with Gasteiger partial charge in [-0.25, -0.2) is 12.8 Å².